The fourth-order valence-corrected chi connectivity index (χ4v) is 3.82. The Labute approximate surface area is 141 Å². The van der Waals surface area contributed by atoms with Crippen molar-refractivity contribution in [2.24, 2.45) is 5.92 Å². The molecule has 0 bridgehead atoms. The van der Waals surface area contributed by atoms with Crippen LogP contribution in [0.2, 0.25) is 0 Å². The minimum Gasteiger partial charge on any atom is -0.481 e. The van der Waals surface area contributed by atoms with Crippen LogP contribution < -0.4 is 0 Å². The van der Waals surface area contributed by atoms with Crippen LogP contribution in [0, 0.1) is 11.7 Å². The molecule has 1 saturated heterocycles. The molecule has 23 heavy (non-hydrogen) atoms. The van der Waals surface area contributed by atoms with Crippen molar-refractivity contribution in [1.82, 2.24) is 4.90 Å². The van der Waals surface area contributed by atoms with Gasteiger partial charge >= 0.3 is 5.97 Å². The summed E-state index contributed by atoms with van der Waals surface area (Å²) in [6.45, 7) is 0.788. The zero-order chi connectivity index (χ0) is 15.7. The van der Waals surface area contributed by atoms with Crippen LogP contribution in [-0.2, 0) is 15.0 Å². The Morgan fingerprint density at radius 2 is 1.78 bits per heavy atom. The first-order chi connectivity index (χ1) is 10.5. The van der Waals surface area contributed by atoms with Crippen LogP contribution in [-0.4, -0.2) is 35.0 Å². The third-order valence-corrected chi connectivity index (χ3v) is 5.09. The van der Waals surface area contributed by atoms with Gasteiger partial charge in [-0.15, -0.1) is 12.4 Å². The number of hydrogen-bond donors (Lipinski definition) is 1. The van der Waals surface area contributed by atoms with Crippen molar-refractivity contribution in [2.75, 3.05) is 13.1 Å². The molecule has 1 aromatic carbocycles. The van der Waals surface area contributed by atoms with E-state index >= 15 is 0 Å². The third-order valence-electron chi connectivity index (χ3n) is 5.09. The van der Waals surface area contributed by atoms with Gasteiger partial charge in [-0.25, -0.2) is 4.39 Å². The average Bonchev–Trinajstić information content (AvgIpc) is 3.17. The molecule has 0 radical (unpaired) electrons. The second-order valence-electron chi connectivity index (χ2n) is 6.37. The van der Waals surface area contributed by atoms with Gasteiger partial charge in [-0.2, -0.15) is 0 Å². The Kier molecular flexibility index (Phi) is 5.30. The minimum atomic E-state index is -0.836. The summed E-state index contributed by atoms with van der Waals surface area (Å²) in [5, 5.41) is 9.11. The first-order valence-electron chi connectivity index (χ1n) is 7.81. The number of carbonyl (C=O) groups excluding carboxylic acids is 1. The van der Waals surface area contributed by atoms with Gasteiger partial charge < -0.3 is 10.0 Å². The van der Waals surface area contributed by atoms with Crippen molar-refractivity contribution >= 4 is 24.3 Å². The lowest BCUT2D eigenvalue weighted by atomic mass is 9.77. The molecule has 4 nitrogen and oxygen atoms in total. The molecule has 1 unspecified atom stereocenters. The molecular weight excluding hydrogens is 321 g/mol. The Morgan fingerprint density at radius 1 is 1.17 bits per heavy atom. The molecule has 2 aliphatic rings. The highest BCUT2D eigenvalue weighted by Crippen LogP contribution is 2.43. The van der Waals surface area contributed by atoms with Crippen molar-refractivity contribution in [1.29, 1.82) is 0 Å². The van der Waals surface area contributed by atoms with Crippen LogP contribution in [0.3, 0.4) is 0 Å². The normalized spacial score (nSPS) is 22.7. The number of halogens is 2. The number of rotatable bonds is 3. The molecule has 1 atom stereocenters. The first-order valence-corrected chi connectivity index (χ1v) is 7.81. The molecular formula is C17H21ClFNO3. The van der Waals surface area contributed by atoms with E-state index in [0.717, 1.165) is 31.2 Å². The molecule has 126 valence electrons. The lowest BCUT2D eigenvalue weighted by molar-refractivity contribution is -0.142. The maximum absolute atomic E-state index is 13.2. The molecule has 0 aromatic heterocycles. The van der Waals surface area contributed by atoms with Gasteiger partial charge in [0, 0.05) is 13.1 Å². The van der Waals surface area contributed by atoms with E-state index in [9.17, 15) is 14.0 Å². The Morgan fingerprint density at radius 3 is 2.30 bits per heavy atom. The number of aliphatic carboxylic acids is 1. The monoisotopic (exact) mass is 341 g/mol. The van der Waals surface area contributed by atoms with Crippen molar-refractivity contribution < 1.29 is 19.1 Å². The highest BCUT2D eigenvalue weighted by Gasteiger charge is 2.46. The lowest BCUT2D eigenvalue weighted by Crippen LogP contribution is -2.44. The maximum Gasteiger partial charge on any atom is 0.308 e. The van der Waals surface area contributed by atoms with Crippen LogP contribution >= 0.6 is 12.4 Å². The van der Waals surface area contributed by atoms with Crippen LogP contribution in [0.5, 0.6) is 0 Å². The molecule has 1 N–H and O–H groups in total. The molecule has 3 rings (SSSR count). The zero-order valence-electron chi connectivity index (χ0n) is 12.8. The number of nitrogens with zero attached hydrogens (tertiary/aromatic N) is 1. The third kappa shape index (κ3) is 3.20. The Hall–Kier alpha value is -1.62. The van der Waals surface area contributed by atoms with Crippen molar-refractivity contribution in [3.05, 3.63) is 35.6 Å². The summed E-state index contributed by atoms with van der Waals surface area (Å²) in [5.74, 6) is -1.59. The molecule has 1 aromatic rings. The predicted octanol–water partition coefficient (Wildman–Crippen LogP) is 2.99. The number of likely N-dealkylation sites (tertiary alicyclic amines) is 1. The topological polar surface area (TPSA) is 57.6 Å². The van der Waals surface area contributed by atoms with Gasteiger partial charge in [0.25, 0.3) is 0 Å². The number of hydrogen-bond acceptors (Lipinski definition) is 2. The highest BCUT2D eigenvalue weighted by atomic mass is 35.5. The van der Waals surface area contributed by atoms with E-state index in [1.165, 1.54) is 12.1 Å². The molecule has 1 heterocycles. The van der Waals surface area contributed by atoms with Gasteiger partial charge in [0.05, 0.1) is 11.3 Å². The maximum atomic E-state index is 13.2. The van der Waals surface area contributed by atoms with Crippen LogP contribution in [0.1, 0.15) is 37.7 Å². The van der Waals surface area contributed by atoms with E-state index < -0.39 is 17.3 Å². The van der Waals surface area contributed by atoms with Crippen molar-refractivity contribution in [2.45, 2.75) is 37.5 Å². The molecule has 2 fully saturated rings. The summed E-state index contributed by atoms with van der Waals surface area (Å²) < 4.78 is 13.2. The van der Waals surface area contributed by atoms with E-state index in [-0.39, 0.29) is 30.7 Å². The van der Waals surface area contributed by atoms with E-state index in [0.29, 0.717) is 13.0 Å². The highest BCUT2D eigenvalue weighted by molar-refractivity contribution is 5.89. The molecule has 1 aliphatic heterocycles. The second kappa shape index (κ2) is 6.87. The summed E-state index contributed by atoms with van der Waals surface area (Å²) in [6, 6.07) is 6.19. The summed E-state index contributed by atoms with van der Waals surface area (Å²) in [6.07, 6.45) is 3.97. The minimum absolute atomic E-state index is 0. The average molecular weight is 342 g/mol. The van der Waals surface area contributed by atoms with E-state index in [1.807, 2.05) is 0 Å². The van der Waals surface area contributed by atoms with Crippen LogP contribution in [0.25, 0.3) is 0 Å². The summed E-state index contributed by atoms with van der Waals surface area (Å²) in [5.41, 5.74) is 0.261. The number of carboxylic acid groups (broad SMARTS) is 1. The number of carboxylic acids is 1. The fourth-order valence-electron chi connectivity index (χ4n) is 3.82. The van der Waals surface area contributed by atoms with E-state index in [2.05, 4.69) is 0 Å². The Bertz CT molecular complexity index is 584. The van der Waals surface area contributed by atoms with Gasteiger partial charge in [-0.05, 0) is 37.0 Å². The summed E-state index contributed by atoms with van der Waals surface area (Å²) in [4.78, 5) is 25.8. The van der Waals surface area contributed by atoms with Crippen LogP contribution in [0.15, 0.2) is 24.3 Å². The fraction of sp³-hybridized carbons (Fsp3) is 0.529. The zero-order valence-corrected chi connectivity index (χ0v) is 13.7. The van der Waals surface area contributed by atoms with Gasteiger partial charge in [0.15, 0.2) is 0 Å². The lowest BCUT2D eigenvalue weighted by Gasteiger charge is -2.33. The summed E-state index contributed by atoms with van der Waals surface area (Å²) in [7, 11) is 0. The SMILES string of the molecule is Cl.O=C(O)C1CCN(C(=O)C2(c3ccc(F)cc3)CCCC2)C1. The summed E-state index contributed by atoms with van der Waals surface area (Å²) >= 11 is 0. The van der Waals surface area contributed by atoms with Crippen molar-refractivity contribution in [3.8, 4) is 0 Å². The number of amides is 1. The second-order valence-corrected chi connectivity index (χ2v) is 6.37. The Balaban J connectivity index is 0.00000192. The van der Waals surface area contributed by atoms with E-state index in [4.69, 9.17) is 5.11 Å². The largest absolute Gasteiger partial charge is 0.481 e. The van der Waals surface area contributed by atoms with Gasteiger partial charge in [0.2, 0.25) is 5.91 Å². The quantitative estimate of drug-likeness (QED) is 0.919. The number of benzene rings is 1. The molecule has 6 heteroatoms. The standard InChI is InChI=1S/C17H20FNO3.ClH/c18-14-5-3-13(4-6-14)17(8-1-2-9-17)16(22)19-10-7-12(11-19)15(20)21;/h3-6,12H,1-2,7-11H2,(H,20,21);1H. The van der Waals surface area contributed by atoms with Crippen LogP contribution in [0.4, 0.5) is 4.39 Å². The van der Waals surface area contributed by atoms with E-state index in [1.54, 1.807) is 17.0 Å². The van der Waals surface area contributed by atoms with Gasteiger partial charge in [0.1, 0.15) is 5.82 Å². The van der Waals surface area contributed by atoms with Gasteiger partial charge in [-0.3, -0.25) is 9.59 Å². The molecule has 1 amide bonds. The first kappa shape index (κ1) is 17.7. The van der Waals surface area contributed by atoms with Gasteiger partial charge in [-0.1, -0.05) is 25.0 Å². The molecule has 1 aliphatic carbocycles. The number of carbonyl (C=O) groups is 2. The predicted molar refractivity (Wildman–Crippen MR) is 86.1 cm³/mol. The molecule has 1 saturated carbocycles. The smallest absolute Gasteiger partial charge is 0.308 e. The molecule has 0 spiro atoms. The van der Waals surface area contributed by atoms with Crippen molar-refractivity contribution in [3.63, 3.8) is 0 Å².